The van der Waals surface area contributed by atoms with E-state index in [1.165, 1.54) is 0 Å². The second-order valence-corrected chi connectivity index (χ2v) is 5.91. The van der Waals surface area contributed by atoms with Gasteiger partial charge in [-0.05, 0) is 54.9 Å². The SMILES string of the molecule is CN(C)CCNc1nc2cc(-c3nnn[nH]3)ccc2n2cccc12. The van der Waals surface area contributed by atoms with Crippen LogP contribution in [0.1, 0.15) is 0 Å². The number of rotatable bonds is 5. The lowest BCUT2D eigenvalue weighted by molar-refractivity contribution is 0.425. The molecule has 0 fully saturated rings. The van der Waals surface area contributed by atoms with Gasteiger partial charge in [-0.25, -0.2) is 10.1 Å². The van der Waals surface area contributed by atoms with Crippen molar-refractivity contribution >= 4 is 22.4 Å². The predicted octanol–water partition coefficient (Wildman–Crippen LogP) is 1.64. The first kappa shape index (κ1) is 14.6. The van der Waals surface area contributed by atoms with Gasteiger partial charge >= 0.3 is 0 Å². The number of hydrogen-bond acceptors (Lipinski definition) is 6. The first-order chi connectivity index (χ1) is 11.7. The van der Waals surface area contributed by atoms with Crippen LogP contribution in [0.5, 0.6) is 0 Å². The Hall–Kier alpha value is -3.00. The minimum atomic E-state index is 0.633. The molecule has 8 nitrogen and oxygen atoms in total. The molecule has 1 aromatic carbocycles. The standard InChI is InChI=1S/C16H18N8/c1-23(2)9-7-17-16-14-4-3-8-24(14)13-6-5-11(10-12(13)18-16)15-19-21-22-20-15/h3-6,8,10H,7,9H2,1-2H3,(H,17,18)(H,19,20,21,22). The van der Waals surface area contributed by atoms with E-state index in [1.54, 1.807) is 0 Å². The molecule has 0 bridgehead atoms. The lowest BCUT2D eigenvalue weighted by Crippen LogP contribution is -2.21. The van der Waals surface area contributed by atoms with Gasteiger partial charge in [-0.15, -0.1) is 5.10 Å². The number of fused-ring (bicyclic) bond motifs is 3. The molecule has 0 aliphatic heterocycles. The summed E-state index contributed by atoms with van der Waals surface area (Å²) in [5.74, 6) is 1.51. The van der Waals surface area contributed by atoms with E-state index in [-0.39, 0.29) is 0 Å². The van der Waals surface area contributed by atoms with Crippen molar-refractivity contribution in [2.45, 2.75) is 0 Å². The summed E-state index contributed by atoms with van der Waals surface area (Å²) in [5.41, 5.74) is 3.91. The molecule has 0 aliphatic carbocycles. The van der Waals surface area contributed by atoms with Crippen molar-refractivity contribution in [2.75, 3.05) is 32.5 Å². The largest absolute Gasteiger partial charge is 0.367 e. The van der Waals surface area contributed by atoms with Gasteiger partial charge in [0.25, 0.3) is 0 Å². The number of benzene rings is 1. The van der Waals surface area contributed by atoms with E-state index in [9.17, 15) is 0 Å². The molecule has 4 aromatic rings. The van der Waals surface area contributed by atoms with Crippen LogP contribution in [-0.2, 0) is 0 Å². The maximum Gasteiger partial charge on any atom is 0.179 e. The van der Waals surface area contributed by atoms with Crippen LogP contribution in [0.15, 0.2) is 36.5 Å². The third-order valence-corrected chi connectivity index (χ3v) is 3.93. The summed E-state index contributed by atoms with van der Waals surface area (Å²) >= 11 is 0. The fraction of sp³-hybridized carbons (Fsp3) is 0.250. The molecule has 0 unspecified atom stereocenters. The molecule has 0 amide bonds. The van der Waals surface area contributed by atoms with E-state index in [1.807, 2.05) is 30.5 Å². The molecule has 0 radical (unpaired) electrons. The van der Waals surface area contributed by atoms with Gasteiger partial charge in [0.15, 0.2) is 11.6 Å². The third kappa shape index (κ3) is 2.56. The lowest BCUT2D eigenvalue weighted by atomic mass is 10.2. The van der Waals surface area contributed by atoms with Gasteiger partial charge < -0.3 is 14.6 Å². The van der Waals surface area contributed by atoms with Crippen LogP contribution in [0.2, 0.25) is 0 Å². The van der Waals surface area contributed by atoms with E-state index in [4.69, 9.17) is 4.98 Å². The van der Waals surface area contributed by atoms with Crippen molar-refractivity contribution in [1.29, 1.82) is 0 Å². The zero-order chi connectivity index (χ0) is 16.5. The molecule has 0 saturated carbocycles. The second-order valence-electron chi connectivity index (χ2n) is 5.91. The molecule has 4 rings (SSSR count). The quantitative estimate of drug-likeness (QED) is 0.581. The first-order valence-electron chi connectivity index (χ1n) is 7.76. The number of H-pyrrole nitrogens is 1. The lowest BCUT2D eigenvalue weighted by Gasteiger charge is -2.13. The average molecular weight is 322 g/mol. The van der Waals surface area contributed by atoms with E-state index in [0.29, 0.717) is 5.82 Å². The number of nitrogens with one attached hydrogen (secondary N) is 2. The van der Waals surface area contributed by atoms with E-state index < -0.39 is 0 Å². The first-order valence-corrected chi connectivity index (χ1v) is 7.76. The van der Waals surface area contributed by atoms with Crippen molar-refractivity contribution < 1.29 is 0 Å². The Morgan fingerprint density at radius 3 is 2.92 bits per heavy atom. The maximum absolute atomic E-state index is 4.81. The van der Waals surface area contributed by atoms with Crippen LogP contribution in [0.3, 0.4) is 0 Å². The van der Waals surface area contributed by atoms with Gasteiger partial charge in [0.2, 0.25) is 0 Å². The molecule has 8 heteroatoms. The predicted molar refractivity (Wildman–Crippen MR) is 92.9 cm³/mol. The van der Waals surface area contributed by atoms with Crippen molar-refractivity contribution in [1.82, 2.24) is 34.9 Å². The van der Waals surface area contributed by atoms with Crippen molar-refractivity contribution in [3.05, 3.63) is 36.5 Å². The summed E-state index contributed by atoms with van der Waals surface area (Å²) in [4.78, 5) is 6.95. The smallest absolute Gasteiger partial charge is 0.179 e. The van der Waals surface area contributed by atoms with Crippen LogP contribution in [0.4, 0.5) is 5.82 Å². The summed E-state index contributed by atoms with van der Waals surface area (Å²) in [5, 5.41) is 17.4. The fourth-order valence-corrected chi connectivity index (χ4v) is 2.74. The molecule has 0 saturated heterocycles. The van der Waals surface area contributed by atoms with Gasteiger partial charge in [-0.2, -0.15) is 0 Å². The highest BCUT2D eigenvalue weighted by molar-refractivity contribution is 5.87. The summed E-state index contributed by atoms with van der Waals surface area (Å²) in [7, 11) is 4.11. The Balaban J connectivity index is 1.80. The number of tetrazole rings is 1. The van der Waals surface area contributed by atoms with E-state index >= 15 is 0 Å². The Bertz CT molecular complexity index is 971. The maximum atomic E-state index is 4.81. The second kappa shape index (κ2) is 5.89. The molecule has 122 valence electrons. The van der Waals surface area contributed by atoms with Gasteiger partial charge in [-0.1, -0.05) is 0 Å². The highest BCUT2D eigenvalue weighted by Gasteiger charge is 2.10. The normalized spacial score (nSPS) is 11.6. The molecule has 24 heavy (non-hydrogen) atoms. The highest BCUT2D eigenvalue weighted by Crippen LogP contribution is 2.25. The fourth-order valence-electron chi connectivity index (χ4n) is 2.74. The van der Waals surface area contributed by atoms with Gasteiger partial charge in [0.1, 0.15) is 0 Å². The van der Waals surface area contributed by atoms with Gasteiger partial charge in [0.05, 0.1) is 16.6 Å². The van der Waals surface area contributed by atoms with Crippen LogP contribution in [-0.4, -0.2) is 62.1 Å². The average Bonchev–Trinajstić information content (AvgIpc) is 3.26. The van der Waals surface area contributed by atoms with Crippen molar-refractivity contribution in [3.63, 3.8) is 0 Å². The Morgan fingerprint density at radius 1 is 1.21 bits per heavy atom. The van der Waals surface area contributed by atoms with E-state index in [2.05, 4.69) is 55.4 Å². The zero-order valence-electron chi connectivity index (χ0n) is 13.6. The summed E-state index contributed by atoms with van der Waals surface area (Å²) in [6.45, 7) is 1.77. The minimum absolute atomic E-state index is 0.633. The van der Waals surface area contributed by atoms with Gasteiger partial charge in [-0.3, -0.25) is 0 Å². The zero-order valence-corrected chi connectivity index (χ0v) is 13.6. The number of aromatic nitrogens is 6. The topological polar surface area (TPSA) is 87.0 Å². The molecular weight excluding hydrogens is 304 g/mol. The summed E-state index contributed by atoms with van der Waals surface area (Å²) in [6.07, 6.45) is 2.05. The van der Waals surface area contributed by atoms with Crippen molar-refractivity contribution in [3.8, 4) is 11.4 Å². The minimum Gasteiger partial charge on any atom is -0.367 e. The number of likely N-dealkylation sites (N-methyl/N-ethyl adjacent to an activating group) is 1. The number of aromatic amines is 1. The molecule has 3 aromatic heterocycles. The van der Waals surface area contributed by atoms with E-state index in [0.717, 1.165) is 41.0 Å². The van der Waals surface area contributed by atoms with Crippen LogP contribution < -0.4 is 5.32 Å². The highest BCUT2D eigenvalue weighted by atomic mass is 15.5. The molecular formula is C16H18N8. The van der Waals surface area contributed by atoms with Crippen LogP contribution >= 0.6 is 0 Å². The molecule has 0 spiro atoms. The summed E-state index contributed by atoms with van der Waals surface area (Å²) < 4.78 is 2.14. The van der Waals surface area contributed by atoms with Gasteiger partial charge in [0, 0.05) is 24.8 Å². The number of nitrogens with zero attached hydrogens (tertiary/aromatic N) is 6. The Kier molecular flexibility index (Phi) is 3.58. The Labute approximate surface area is 138 Å². The molecule has 2 N–H and O–H groups in total. The molecule has 0 atom stereocenters. The number of hydrogen-bond donors (Lipinski definition) is 2. The summed E-state index contributed by atoms with van der Waals surface area (Å²) in [6, 6.07) is 10.1. The Morgan fingerprint density at radius 2 is 2.12 bits per heavy atom. The monoisotopic (exact) mass is 322 g/mol. The number of anilines is 1. The molecule has 0 aliphatic rings. The van der Waals surface area contributed by atoms with Crippen LogP contribution in [0, 0.1) is 0 Å². The third-order valence-electron chi connectivity index (χ3n) is 3.93. The van der Waals surface area contributed by atoms with Crippen LogP contribution in [0.25, 0.3) is 27.9 Å². The van der Waals surface area contributed by atoms with Crippen molar-refractivity contribution in [2.24, 2.45) is 0 Å². The molecule has 3 heterocycles.